The SMILES string of the molecule is O=C(N[C@H]1C[C@@H]2C[C@]2(C(=O)O)C1)c1ccc2oncc2c1. The first-order valence-corrected chi connectivity index (χ1v) is 6.97. The van der Waals surface area contributed by atoms with E-state index in [9.17, 15) is 14.7 Å². The standard InChI is InChI=1S/C15H14N2O4/c18-13(8-1-2-12-9(3-8)7-16-21-12)17-11-4-10-5-15(10,6-11)14(19)20/h1-3,7,10-11H,4-6H2,(H,17,18)(H,19,20)/t10-,11+,15+/m1/s1. The van der Waals surface area contributed by atoms with Crippen molar-refractivity contribution in [3.8, 4) is 0 Å². The van der Waals surface area contributed by atoms with Crippen molar-refractivity contribution in [1.82, 2.24) is 10.5 Å². The number of rotatable bonds is 3. The first-order chi connectivity index (χ1) is 10.1. The van der Waals surface area contributed by atoms with Crippen molar-refractivity contribution < 1.29 is 19.2 Å². The van der Waals surface area contributed by atoms with E-state index >= 15 is 0 Å². The van der Waals surface area contributed by atoms with Crippen molar-refractivity contribution in [3.05, 3.63) is 30.0 Å². The Hall–Kier alpha value is -2.37. The molecule has 2 N–H and O–H groups in total. The van der Waals surface area contributed by atoms with E-state index in [0.717, 1.165) is 18.2 Å². The van der Waals surface area contributed by atoms with Crippen LogP contribution in [0.4, 0.5) is 0 Å². The minimum Gasteiger partial charge on any atom is -0.481 e. The van der Waals surface area contributed by atoms with E-state index in [1.807, 2.05) is 0 Å². The molecule has 108 valence electrons. The van der Waals surface area contributed by atoms with Gasteiger partial charge in [-0.15, -0.1) is 0 Å². The average Bonchev–Trinajstić information content (AvgIpc) is 2.86. The molecule has 2 aromatic rings. The molecule has 0 spiro atoms. The Labute approximate surface area is 120 Å². The fraction of sp³-hybridized carbons (Fsp3) is 0.400. The molecule has 6 heteroatoms. The number of benzene rings is 1. The molecule has 4 rings (SSSR count). The van der Waals surface area contributed by atoms with Gasteiger partial charge in [0.15, 0.2) is 5.58 Å². The highest BCUT2D eigenvalue weighted by atomic mass is 16.5. The molecule has 3 atom stereocenters. The molecule has 1 aromatic heterocycles. The predicted molar refractivity (Wildman–Crippen MR) is 72.7 cm³/mol. The molecule has 0 unspecified atom stereocenters. The molecular formula is C15H14N2O4. The van der Waals surface area contributed by atoms with Crippen molar-refractivity contribution in [1.29, 1.82) is 0 Å². The van der Waals surface area contributed by atoms with E-state index < -0.39 is 11.4 Å². The minimum absolute atomic E-state index is 0.0504. The van der Waals surface area contributed by atoms with Gasteiger partial charge in [-0.1, -0.05) is 5.16 Å². The van der Waals surface area contributed by atoms with E-state index in [1.165, 1.54) is 0 Å². The Bertz CT molecular complexity index is 753. The molecule has 1 heterocycles. The summed E-state index contributed by atoms with van der Waals surface area (Å²) in [5.41, 5.74) is 0.602. The molecule has 1 amide bonds. The molecule has 0 aliphatic heterocycles. The van der Waals surface area contributed by atoms with Crippen molar-refractivity contribution >= 4 is 22.8 Å². The predicted octanol–water partition coefficient (Wildman–Crippen LogP) is 1.81. The number of fused-ring (bicyclic) bond motifs is 2. The van der Waals surface area contributed by atoms with Crippen LogP contribution in [0.15, 0.2) is 28.9 Å². The summed E-state index contributed by atoms with van der Waals surface area (Å²) < 4.78 is 5.00. The molecule has 2 fully saturated rings. The van der Waals surface area contributed by atoms with Gasteiger partial charge in [0.25, 0.3) is 5.91 Å². The van der Waals surface area contributed by atoms with Crippen LogP contribution in [0.5, 0.6) is 0 Å². The summed E-state index contributed by atoms with van der Waals surface area (Å²) in [6.07, 6.45) is 3.61. The zero-order valence-corrected chi connectivity index (χ0v) is 11.2. The number of carbonyl (C=O) groups excluding carboxylic acids is 1. The van der Waals surface area contributed by atoms with Gasteiger partial charge in [0, 0.05) is 17.0 Å². The average molecular weight is 286 g/mol. The number of nitrogens with one attached hydrogen (secondary N) is 1. The number of amides is 1. The summed E-state index contributed by atoms with van der Waals surface area (Å²) in [6, 6.07) is 5.07. The molecular weight excluding hydrogens is 272 g/mol. The summed E-state index contributed by atoms with van der Waals surface area (Å²) in [4.78, 5) is 23.5. The third kappa shape index (κ3) is 1.82. The van der Waals surface area contributed by atoms with E-state index in [1.54, 1.807) is 24.4 Å². The number of carboxylic acid groups (broad SMARTS) is 1. The van der Waals surface area contributed by atoms with Gasteiger partial charge in [-0.25, -0.2) is 0 Å². The van der Waals surface area contributed by atoms with Crippen LogP contribution < -0.4 is 5.32 Å². The molecule has 6 nitrogen and oxygen atoms in total. The molecule has 2 aliphatic rings. The van der Waals surface area contributed by atoms with E-state index in [-0.39, 0.29) is 17.9 Å². The lowest BCUT2D eigenvalue weighted by Gasteiger charge is -2.16. The third-order valence-electron chi connectivity index (χ3n) is 4.79. The summed E-state index contributed by atoms with van der Waals surface area (Å²) in [7, 11) is 0. The van der Waals surface area contributed by atoms with Crippen LogP contribution in [0.2, 0.25) is 0 Å². The van der Waals surface area contributed by atoms with Gasteiger partial charge in [0.2, 0.25) is 0 Å². The molecule has 2 saturated carbocycles. The highest BCUT2D eigenvalue weighted by Gasteiger charge is 2.65. The van der Waals surface area contributed by atoms with Crippen LogP contribution in [-0.4, -0.2) is 28.2 Å². The van der Waals surface area contributed by atoms with Crippen LogP contribution in [0.1, 0.15) is 29.6 Å². The first kappa shape index (κ1) is 12.4. The molecule has 0 bridgehead atoms. The molecule has 2 aliphatic carbocycles. The Morgan fingerprint density at radius 1 is 1.38 bits per heavy atom. The normalized spacial score (nSPS) is 30.1. The lowest BCUT2D eigenvalue weighted by atomic mass is 10.0. The summed E-state index contributed by atoms with van der Waals surface area (Å²) in [6.45, 7) is 0. The van der Waals surface area contributed by atoms with Crippen molar-refractivity contribution in [3.63, 3.8) is 0 Å². The fourth-order valence-electron chi connectivity index (χ4n) is 3.55. The smallest absolute Gasteiger partial charge is 0.310 e. The number of hydrogen-bond donors (Lipinski definition) is 2. The van der Waals surface area contributed by atoms with Gasteiger partial charge < -0.3 is 14.9 Å². The Morgan fingerprint density at radius 2 is 2.24 bits per heavy atom. The number of aromatic nitrogens is 1. The van der Waals surface area contributed by atoms with E-state index in [4.69, 9.17) is 4.52 Å². The largest absolute Gasteiger partial charge is 0.481 e. The van der Waals surface area contributed by atoms with Gasteiger partial charge in [0.05, 0.1) is 11.6 Å². The number of nitrogens with zero attached hydrogens (tertiary/aromatic N) is 1. The van der Waals surface area contributed by atoms with Crippen LogP contribution in [0.3, 0.4) is 0 Å². The van der Waals surface area contributed by atoms with E-state index in [0.29, 0.717) is 17.6 Å². The topological polar surface area (TPSA) is 92.4 Å². The van der Waals surface area contributed by atoms with E-state index in [2.05, 4.69) is 10.5 Å². The summed E-state index contributed by atoms with van der Waals surface area (Å²) in [5.74, 6) is -0.680. The number of hydrogen-bond acceptors (Lipinski definition) is 4. The first-order valence-electron chi connectivity index (χ1n) is 6.97. The minimum atomic E-state index is -0.727. The maximum absolute atomic E-state index is 12.3. The van der Waals surface area contributed by atoms with Crippen molar-refractivity contribution in [2.24, 2.45) is 11.3 Å². The third-order valence-corrected chi connectivity index (χ3v) is 4.79. The van der Waals surface area contributed by atoms with Gasteiger partial charge in [-0.05, 0) is 43.4 Å². The van der Waals surface area contributed by atoms with Gasteiger partial charge in [-0.2, -0.15) is 0 Å². The molecule has 1 aromatic carbocycles. The second-order valence-electron chi connectivity index (χ2n) is 6.05. The lowest BCUT2D eigenvalue weighted by molar-refractivity contribution is -0.143. The highest BCUT2D eigenvalue weighted by Crippen LogP contribution is 2.63. The molecule has 0 saturated heterocycles. The van der Waals surface area contributed by atoms with Gasteiger partial charge >= 0.3 is 5.97 Å². The molecule has 0 radical (unpaired) electrons. The maximum atomic E-state index is 12.3. The van der Waals surface area contributed by atoms with Gasteiger partial charge in [0.1, 0.15) is 0 Å². The Kier molecular flexibility index (Phi) is 2.40. The Balaban J connectivity index is 1.48. The number of aliphatic carboxylic acids is 1. The van der Waals surface area contributed by atoms with Crippen LogP contribution >= 0.6 is 0 Å². The second kappa shape index (κ2) is 4.07. The zero-order chi connectivity index (χ0) is 14.6. The quantitative estimate of drug-likeness (QED) is 0.897. The fourth-order valence-corrected chi connectivity index (χ4v) is 3.55. The van der Waals surface area contributed by atoms with Crippen LogP contribution in [-0.2, 0) is 4.79 Å². The zero-order valence-electron chi connectivity index (χ0n) is 11.2. The lowest BCUT2D eigenvalue weighted by Crippen LogP contribution is -2.35. The summed E-state index contributed by atoms with van der Waals surface area (Å²) in [5, 5.41) is 16.6. The second-order valence-corrected chi connectivity index (χ2v) is 6.05. The summed E-state index contributed by atoms with van der Waals surface area (Å²) >= 11 is 0. The maximum Gasteiger partial charge on any atom is 0.310 e. The van der Waals surface area contributed by atoms with Crippen LogP contribution in [0.25, 0.3) is 11.0 Å². The van der Waals surface area contributed by atoms with Crippen molar-refractivity contribution in [2.45, 2.75) is 25.3 Å². The van der Waals surface area contributed by atoms with Gasteiger partial charge in [-0.3, -0.25) is 9.59 Å². The van der Waals surface area contributed by atoms with Crippen LogP contribution in [0, 0.1) is 11.3 Å². The number of carbonyl (C=O) groups is 2. The Morgan fingerprint density at radius 3 is 3.00 bits per heavy atom. The monoisotopic (exact) mass is 286 g/mol. The highest BCUT2D eigenvalue weighted by molar-refractivity contribution is 5.97. The number of carboxylic acids is 1. The van der Waals surface area contributed by atoms with Crippen molar-refractivity contribution in [2.75, 3.05) is 0 Å². The molecule has 21 heavy (non-hydrogen) atoms.